The van der Waals surface area contributed by atoms with Crippen LogP contribution >= 0.6 is 11.3 Å². The van der Waals surface area contributed by atoms with E-state index in [1.807, 2.05) is 13.8 Å². The Bertz CT molecular complexity index is 1380. The van der Waals surface area contributed by atoms with Crippen LogP contribution in [0.15, 0.2) is 53.7 Å². The summed E-state index contributed by atoms with van der Waals surface area (Å²) < 4.78 is 17.4. The fraction of sp³-hybridized carbons (Fsp3) is 0.517. The van der Waals surface area contributed by atoms with E-state index in [2.05, 4.69) is 15.3 Å². The molecule has 0 aromatic carbocycles. The van der Waals surface area contributed by atoms with Crippen molar-refractivity contribution in [2.45, 2.75) is 63.8 Å². The van der Waals surface area contributed by atoms with Gasteiger partial charge in [0.05, 0.1) is 17.4 Å². The van der Waals surface area contributed by atoms with Gasteiger partial charge in [0.1, 0.15) is 5.60 Å². The van der Waals surface area contributed by atoms with Crippen LogP contribution < -0.4 is 5.32 Å². The molecule has 0 aliphatic heterocycles. The van der Waals surface area contributed by atoms with E-state index in [1.54, 1.807) is 36.7 Å². The minimum absolute atomic E-state index is 0.0606. The third-order valence-corrected chi connectivity index (χ3v) is 11.0. The number of nitrogens with one attached hydrogen (secondary N) is 1. The minimum atomic E-state index is -1.95. The zero-order valence-corrected chi connectivity index (χ0v) is 22.5. The van der Waals surface area contributed by atoms with E-state index in [4.69, 9.17) is 0 Å². The zero-order chi connectivity index (χ0) is 27.1. The Labute approximate surface area is 224 Å². The average molecular weight is 538 g/mol. The molecule has 2 aromatic heterocycles. The molecule has 8 atom stereocenters. The summed E-state index contributed by atoms with van der Waals surface area (Å²) >= 11 is 1.23. The van der Waals surface area contributed by atoms with Crippen LogP contribution in [0.25, 0.3) is 0 Å². The van der Waals surface area contributed by atoms with Gasteiger partial charge in [0.2, 0.25) is 0 Å². The number of amides is 1. The van der Waals surface area contributed by atoms with Gasteiger partial charge in [-0.25, -0.2) is 9.37 Å². The zero-order valence-electron chi connectivity index (χ0n) is 21.6. The second-order valence-electron chi connectivity index (χ2n) is 11.9. The van der Waals surface area contributed by atoms with Gasteiger partial charge in [0, 0.05) is 34.5 Å². The average Bonchev–Trinajstić information content (AvgIpc) is 3.43. The maximum absolute atomic E-state index is 17.4. The molecule has 3 N–H and O–H groups in total. The fourth-order valence-electron chi connectivity index (χ4n) is 8.26. The van der Waals surface area contributed by atoms with Gasteiger partial charge in [0.25, 0.3) is 5.91 Å². The summed E-state index contributed by atoms with van der Waals surface area (Å²) in [6.45, 7) is 5.70. The number of allylic oxidation sites excluding steroid dienone is 4. The maximum atomic E-state index is 17.4. The Balaban J connectivity index is 1.34. The molecule has 7 nitrogen and oxygen atoms in total. The van der Waals surface area contributed by atoms with Crippen molar-refractivity contribution in [1.29, 1.82) is 0 Å². The number of fused-ring (bicyclic) bond motifs is 5. The summed E-state index contributed by atoms with van der Waals surface area (Å²) in [5.74, 6) is -1.42. The Morgan fingerprint density at radius 2 is 2.08 bits per heavy atom. The number of nitrogens with zero attached hydrogens (tertiary/aromatic N) is 2. The number of hydrogen-bond donors (Lipinski definition) is 3. The summed E-state index contributed by atoms with van der Waals surface area (Å²) in [4.78, 5) is 33.3. The normalized spacial score (nSPS) is 41.6. The molecule has 0 radical (unpaired) electrons. The number of alkyl halides is 1. The lowest BCUT2D eigenvalue weighted by atomic mass is 9.44. The van der Waals surface area contributed by atoms with Gasteiger partial charge in [-0.05, 0) is 68.7 Å². The van der Waals surface area contributed by atoms with Gasteiger partial charge >= 0.3 is 0 Å². The van der Waals surface area contributed by atoms with E-state index >= 15 is 4.39 Å². The van der Waals surface area contributed by atoms with Crippen LogP contribution in [0.3, 0.4) is 0 Å². The first-order chi connectivity index (χ1) is 17.9. The monoisotopic (exact) mass is 537 g/mol. The SMILES string of the molecule is CC1CC2C3CCC4=CC(=O)C=CC4(C)C3(F)C(O)CC2(C)C1(O)c1csc(NC(=O)c2cccnc2)n1. The topological polar surface area (TPSA) is 112 Å². The molecule has 4 aliphatic rings. The van der Waals surface area contributed by atoms with Crippen LogP contribution in [0, 0.1) is 28.6 Å². The Morgan fingerprint density at radius 3 is 2.82 bits per heavy atom. The number of carbonyl (C=O) groups excluding carboxylic acids is 2. The number of thiazole rings is 1. The molecule has 8 unspecified atom stereocenters. The smallest absolute Gasteiger partial charge is 0.259 e. The lowest BCUT2D eigenvalue weighted by Gasteiger charge is -2.62. The highest BCUT2D eigenvalue weighted by Crippen LogP contribution is 2.72. The highest BCUT2D eigenvalue weighted by atomic mass is 32.1. The molecule has 3 fully saturated rings. The number of pyridine rings is 1. The number of rotatable bonds is 3. The summed E-state index contributed by atoms with van der Waals surface area (Å²) in [6.07, 6.45) is 8.04. The van der Waals surface area contributed by atoms with Crippen LogP contribution in [-0.4, -0.2) is 43.6 Å². The van der Waals surface area contributed by atoms with Crippen LogP contribution in [-0.2, 0) is 10.4 Å². The number of aromatic nitrogens is 2. The summed E-state index contributed by atoms with van der Waals surface area (Å²) in [7, 11) is 0. The Hall–Kier alpha value is -2.75. The number of hydrogen-bond acceptors (Lipinski definition) is 7. The molecule has 0 saturated heterocycles. The molecule has 0 bridgehead atoms. The number of anilines is 1. The van der Waals surface area contributed by atoms with Gasteiger partial charge < -0.3 is 10.2 Å². The van der Waals surface area contributed by atoms with Crippen molar-refractivity contribution < 1.29 is 24.2 Å². The summed E-state index contributed by atoms with van der Waals surface area (Å²) in [5, 5.41) is 28.8. The molecule has 1 amide bonds. The molecule has 9 heteroatoms. The predicted molar refractivity (Wildman–Crippen MR) is 141 cm³/mol. The second-order valence-corrected chi connectivity index (χ2v) is 12.8. The third-order valence-electron chi connectivity index (χ3n) is 10.3. The number of halogens is 1. The van der Waals surface area contributed by atoms with Crippen molar-refractivity contribution in [3.05, 3.63) is 65.0 Å². The lowest BCUT2D eigenvalue weighted by Crippen LogP contribution is -2.68. The molecule has 38 heavy (non-hydrogen) atoms. The first-order valence-electron chi connectivity index (χ1n) is 13.2. The van der Waals surface area contributed by atoms with E-state index in [0.717, 1.165) is 5.57 Å². The molecule has 2 aromatic rings. The molecule has 200 valence electrons. The van der Waals surface area contributed by atoms with Gasteiger partial charge in [0.15, 0.2) is 16.6 Å². The third kappa shape index (κ3) is 3.18. The minimum Gasteiger partial charge on any atom is -0.390 e. The molecular formula is C29H32FN3O4S. The van der Waals surface area contributed by atoms with Gasteiger partial charge in [-0.2, -0.15) is 0 Å². The first kappa shape index (κ1) is 25.5. The maximum Gasteiger partial charge on any atom is 0.259 e. The molecule has 4 aliphatic carbocycles. The van der Waals surface area contributed by atoms with E-state index < -0.39 is 34.1 Å². The highest BCUT2D eigenvalue weighted by Gasteiger charge is 2.74. The molecule has 6 rings (SSSR count). The lowest BCUT2D eigenvalue weighted by molar-refractivity contribution is -0.223. The second kappa shape index (κ2) is 8.37. The first-order valence-corrected chi connectivity index (χ1v) is 14.0. The van der Waals surface area contributed by atoms with E-state index in [-0.39, 0.29) is 29.9 Å². The van der Waals surface area contributed by atoms with E-state index in [1.165, 1.54) is 29.7 Å². The molecular weight excluding hydrogens is 505 g/mol. The van der Waals surface area contributed by atoms with Crippen LogP contribution in [0.5, 0.6) is 0 Å². The van der Waals surface area contributed by atoms with Crippen molar-refractivity contribution in [3.8, 4) is 0 Å². The van der Waals surface area contributed by atoms with Gasteiger partial charge in [-0.15, -0.1) is 11.3 Å². The number of aliphatic hydroxyl groups excluding tert-OH is 1. The highest BCUT2D eigenvalue weighted by molar-refractivity contribution is 7.14. The van der Waals surface area contributed by atoms with Crippen LogP contribution in [0.4, 0.5) is 9.52 Å². The van der Waals surface area contributed by atoms with Crippen molar-refractivity contribution in [2.24, 2.45) is 28.6 Å². The Kier molecular flexibility index (Phi) is 5.62. The molecule has 3 saturated carbocycles. The van der Waals surface area contributed by atoms with Crippen LogP contribution in [0.1, 0.15) is 62.5 Å². The van der Waals surface area contributed by atoms with Gasteiger partial charge in [-0.3, -0.25) is 19.9 Å². The number of ketones is 1. The standard InChI is InChI=1S/C29H32FN3O4S/c1-16-11-21-20-7-6-18-12-19(34)8-9-26(18,2)28(20,30)23(35)13-27(21,3)29(16,37)22-15-38-25(32-22)33-24(36)17-5-4-10-31-14-17/h4-5,8-10,12,14-16,20-21,23,35,37H,6-7,11,13H2,1-3H3,(H,32,33,36). The molecule has 2 heterocycles. The molecule has 0 spiro atoms. The van der Waals surface area contributed by atoms with Crippen molar-refractivity contribution in [1.82, 2.24) is 9.97 Å². The number of aliphatic hydroxyl groups is 2. The van der Waals surface area contributed by atoms with E-state index in [0.29, 0.717) is 35.7 Å². The fourth-order valence-corrected chi connectivity index (χ4v) is 9.02. The predicted octanol–water partition coefficient (Wildman–Crippen LogP) is 4.59. The van der Waals surface area contributed by atoms with Crippen molar-refractivity contribution >= 4 is 28.2 Å². The summed E-state index contributed by atoms with van der Waals surface area (Å²) in [6, 6.07) is 3.33. The van der Waals surface area contributed by atoms with Crippen molar-refractivity contribution in [2.75, 3.05) is 5.32 Å². The van der Waals surface area contributed by atoms with E-state index in [9.17, 15) is 19.8 Å². The van der Waals surface area contributed by atoms with Crippen molar-refractivity contribution in [3.63, 3.8) is 0 Å². The Morgan fingerprint density at radius 1 is 1.29 bits per heavy atom. The largest absolute Gasteiger partial charge is 0.390 e. The van der Waals surface area contributed by atoms with Crippen LogP contribution in [0.2, 0.25) is 0 Å². The quantitative estimate of drug-likeness (QED) is 0.528. The summed E-state index contributed by atoms with van der Waals surface area (Å²) in [5.41, 5.74) is -3.70. The number of carbonyl (C=O) groups is 2. The van der Waals surface area contributed by atoms with Gasteiger partial charge in [-0.1, -0.05) is 25.5 Å².